The minimum Gasteiger partial charge on any atom is -0.473 e. The molecule has 7 heteroatoms. The summed E-state index contributed by atoms with van der Waals surface area (Å²) in [4.78, 5) is 36.3. The number of likely N-dealkylation sites (tertiary alicyclic amines) is 2. The van der Waals surface area contributed by atoms with Gasteiger partial charge in [-0.05, 0) is 81.7 Å². The van der Waals surface area contributed by atoms with Gasteiger partial charge in [-0.3, -0.25) is 9.69 Å². The number of hydrogen-bond donors (Lipinski definition) is 2. The number of carbonyl (C=O) groups excluding carboxylic acids is 1. The van der Waals surface area contributed by atoms with E-state index in [-0.39, 0.29) is 5.92 Å². The molecule has 2 heterocycles. The highest BCUT2D eigenvalue weighted by molar-refractivity contribution is 6.27. The average Bonchev–Trinajstić information content (AvgIpc) is 2.85. The van der Waals surface area contributed by atoms with Gasteiger partial charge in [-0.15, -0.1) is 0 Å². The smallest absolute Gasteiger partial charge is 0.414 e. The molecule has 0 radical (unpaired) electrons. The van der Waals surface area contributed by atoms with Crippen LogP contribution in [-0.4, -0.2) is 70.1 Å². The summed E-state index contributed by atoms with van der Waals surface area (Å²) in [5, 5.41) is 14.8. The molecule has 34 heavy (non-hydrogen) atoms. The van der Waals surface area contributed by atoms with E-state index in [1.54, 1.807) is 0 Å². The van der Waals surface area contributed by atoms with Crippen molar-refractivity contribution in [1.82, 2.24) is 9.80 Å². The van der Waals surface area contributed by atoms with E-state index in [2.05, 4.69) is 47.1 Å². The van der Waals surface area contributed by atoms with Crippen LogP contribution in [0.2, 0.25) is 0 Å². The quantitative estimate of drug-likeness (QED) is 0.645. The standard InChI is InChI=1S/C25H38N2O.C2H2O4/c1-20-9-11-24(12-10-20)27-15-5-8-23(19-27)25(28)26-16-13-22(14-17-26)18-21-6-3-2-4-7-21;3-1(4)2(5)6/h2-4,6-7,20,22-24H,5,8-19H2,1H3;(H,3,4)(H,5,6). The third-order valence-corrected chi connectivity index (χ3v) is 7.78. The van der Waals surface area contributed by atoms with Crippen molar-refractivity contribution in [2.24, 2.45) is 17.8 Å². The molecule has 0 bridgehead atoms. The fourth-order valence-electron chi connectivity index (χ4n) is 5.71. The Bertz CT molecular complexity index is 786. The van der Waals surface area contributed by atoms with Gasteiger partial charge in [0.05, 0.1) is 5.92 Å². The lowest BCUT2D eigenvalue weighted by atomic mass is 9.84. The van der Waals surface area contributed by atoms with Crippen LogP contribution in [0.3, 0.4) is 0 Å². The number of aliphatic carboxylic acids is 2. The Morgan fingerprint density at radius 3 is 2.06 bits per heavy atom. The van der Waals surface area contributed by atoms with Gasteiger partial charge in [0.25, 0.3) is 0 Å². The molecule has 1 saturated carbocycles. The van der Waals surface area contributed by atoms with Crippen molar-refractivity contribution in [1.29, 1.82) is 0 Å². The van der Waals surface area contributed by atoms with Crippen LogP contribution in [0.1, 0.15) is 63.9 Å². The van der Waals surface area contributed by atoms with Crippen LogP contribution in [0.5, 0.6) is 0 Å². The van der Waals surface area contributed by atoms with E-state index in [0.29, 0.717) is 5.91 Å². The van der Waals surface area contributed by atoms with Gasteiger partial charge in [0.1, 0.15) is 0 Å². The Balaban J connectivity index is 0.000000481. The van der Waals surface area contributed by atoms with Gasteiger partial charge in [0, 0.05) is 25.7 Å². The van der Waals surface area contributed by atoms with Crippen molar-refractivity contribution in [2.45, 2.75) is 70.8 Å². The molecule has 1 atom stereocenters. The zero-order valence-electron chi connectivity index (χ0n) is 20.4. The van der Waals surface area contributed by atoms with Gasteiger partial charge in [0.2, 0.25) is 5.91 Å². The topological polar surface area (TPSA) is 98.2 Å². The van der Waals surface area contributed by atoms with Crippen molar-refractivity contribution < 1.29 is 24.6 Å². The summed E-state index contributed by atoms with van der Waals surface area (Å²) in [7, 11) is 0. The number of carboxylic acids is 2. The molecule has 7 nitrogen and oxygen atoms in total. The number of benzene rings is 1. The molecule has 1 aliphatic carbocycles. The van der Waals surface area contributed by atoms with E-state index >= 15 is 0 Å². The van der Waals surface area contributed by atoms with Crippen molar-refractivity contribution in [3.8, 4) is 0 Å². The predicted molar refractivity (Wildman–Crippen MR) is 130 cm³/mol. The molecule has 3 fully saturated rings. The number of carbonyl (C=O) groups is 3. The third-order valence-electron chi connectivity index (χ3n) is 7.78. The predicted octanol–water partition coefficient (Wildman–Crippen LogP) is 3.91. The van der Waals surface area contributed by atoms with Crippen LogP contribution >= 0.6 is 0 Å². The number of amides is 1. The molecule has 3 aliphatic rings. The van der Waals surface area contributed by atoms with Crippen LogP contribution in [0.25, 0.3) is 0 Å². The van der Waals surface area contributed by atoms with Gasteiger partial charge < -0.3 is 15.1 Å². The van der Waals surface area contributed by atoms with Crippen LogP contribution in [0.15, 0.2) is 30.3 Å². The minimum absolute atomic E-state index is 0.249. The molecule has 2 saturated heterocycles. The van der Waals surface area contributed by atoms with E-state index in [4.69, 9.17) is 19.8 Å². The molecule has 0 spiro atoms. The first-order valence-corrected chi connectivity index (χ1v) is 12.9. The minimum atomic E-state index is -1.82. The summed E-state index contributed by atoms with van der Waals surface area (Å²) >= 11 is 0. The van der Waals surface area contributed by atoms with Crippen LogP contribution in [0, 0.1) is 17.8 Å². The van der Waals surface area contributed by atoms with Crippen molar-refractivity contribution in [3.63, 3.8) is 0 Å². The molecular formula is C27H40N2O5. The van der Waals surface area contributed by atoms with Gasteiger partial charge in [-0.25, -0.2) is 9.59 Å². The maximum atomic E-state index is 13.2. The first kappa shape index (κ1) is 26.2. The fourth-order valence-corrected chi connectivity index (χ4v) is 5.71. The largest absolute Gasteiger partial charge is 0.473 e. The van der Waals surface area contributed by atoms with E-state index in [0.717, 1.165) is 56.8 Å². The summed E-state index contributed by atoms with van der Waals surface area (Å²) in [6, 6.07) is 11.6. The van der Waals surface area contributed by atoms with Crippen LogP contribution in [0.4, 0.5) is 0 Å². The van der Waals surface area contributed by atoms with Gasteiger partial charge in [0.15, 0.2) is 0 Å². The van der Waals surface area contributed by atoms with E-state index in [1.165, 1.54) is 50.6 Å². The first-order valence-electron chi connectivity index (χ1n) is 12.9. The molecule has 1 aromatic rings. The molecule has 1 aromatic carbocycles. The third kappa shape index (κ3) is 7.83. The summed E-state index contributed by atoms with van der Waals surface area (Å²) in [6.45, 7) is 6.55. The molecule has 188 valence electrons. The van der Waals surface area contributed by atoms with Crippen LogP contribution in [-0.2, 0) is 20.8 Å². The molecule has 4 rings (SSSR count). The highest BCUT2D eigenvalue weighted by atomic mass is 16.4. The molecule has 0 aromatic heterocycles. The Labute approximate surface area is 203 Å². The number of piperidine rings is 2. The van der Waals surface area contributed by atoms with Gasteiger partial charge >= 0.3 is 11.9 Å². The normalized spacial score (nSPS) is 26.3. The lowest BCUT2D eigenvalue weighted by Crippen LogP contribution is -2.50. The van der Waals surface area contributed by atoms with Crippen molar-refractivity contribution in [2.75, 3.05) is 26.2 Å². The lowest BCUT2D eigenvalue weighted by molar-refractivity contribution is -0.159. The van der Waals surface area contributed by atoms with E-state index < -0.39 is 11.9 Å². The number of nitrogens with zero attached hydrogens (tertiary/aromatic N) is 2. The fraction of sp³-hybridized carbons (Fsp3) is 0.667. The summed E-state index contributed by atoms with van der Waals surface area (Å²) in [5.74, 6) is -1.31. The summed E-state index contributed by atoms with van der Waals surface area (Å²) in [5.41, 5.74) is 1.44. The highest BCUT2D eigenvalue weighted by Gasteiger charge is 2.34. The summed E-state index contributed by atoms with van der Waals surface area (Å²) < 4.78 is 0. The van der Waals surface area contributed by atoms with E-state index in [9.17, 15) is 4.79 Å². The first-order chi connectivity index (χ1) is 16.3. The maximum absolute atomic E-state index is 13.2. The second-order valence-corrected chi connectivity index (χ2v) is 10.3. The molecular weight excluding hydrogens is 432 g/mol. The number of hydrogen-bond acceptors (Lipinski definition) is 4. The Kier molecular flexibility index (Phi) is 9.93. The van der Waals surface area contributed by atoms with Crippen LogP contribution < -0.4 is 0 Å². The average molecular weight is 473 g/mol. The SMILES string of the molecule is CC1CCC(N2CCCC(C(=O)N3CCC(Cc4ccccc4)CC3)C2)CC1.O=C(O)C(=O)O. The van der Waals surface area contributed by atoms with E-state index in [1.807, 2.05) is 0 Å². The summed E-state index contributed by atoms with van der Waals surface area (Å²) in [6.07, 6.45) is 11.2. The van der Waals surface area contributed by atoms with Gasteiger partial charge in [-0.1, -0.05) is 37.3 Å². The Morgan fingerprint density at radius 1 is 0.853 bits per heavy atom. The Hall–Kier alpha value is -2.41. The zero-order chi connectivity index (χ0) is 24.5. The Morgan fingerprint density at radius 2 is 1.47 bits per heavy atom. The van der Waals surface area contributed by atoms with Gasteiger partial charge in [-0.2, -0.15) is 0 Å². The molecule has 2 aliphatic heterocycles. The maximum Gasteiger partial charge on any atom is 0.414 e. The highest BCUT2D eigenvalue weighted by Crippen LogP contribution is 2.31. The molecule has 1 unspecified atom stereocenters. The zero-order valence-corrected chi connectivity index (χ0v) is 20.4. The number of rotatable bonds is 4. The van der Waals surface area contributed by atoms with Crippen molar-refractivity contribution >= 4 is 17.8 Å². The number of carboxylic acid groups (broad SMARTS) is 2. The molecule has 1 amide bonds. The van der Waals surface area contributed by atoms with Crippen molar-refractivity contribution in [3.05, 3.63) is 35.9 Å². The lowest BCUT2D eigenvalue weighted by Gasteiger charge is -2.42. The monoisotopic (exact) mass is 472 g/mol. The molecule has 2 N–H and O–H groups in total. The second kappa shape index (κ2) is 12.9. The second-order valence-electron chi connectivity index (χ2n) is 10.3.